The molecule has 0 spiro atoms. The van der Waals surface area contributed by atoms with E-state index in [1.807, 2.05) is 42.5 Å². The van der Waals surface area contributed by atoms with Gasteiger partial charge in [0.15, 0.2) is 0 Å². The summed E-state index contributed by atoms with van der Waals surface area (Å²) in [5.74, 6) is 11.9. The minimum atomic E-state index is -0.554. The van der Waals surface area contributed by atoms with Gasteiger partial charge in [-0.25, -0.2) is 14.4 Å². The topological polar surface area (TPSA) is 78.9 Å². The fraction of sp³-hybridized carbons (Fsp3) is 0.0714. The molecule has 0 N–H and O–H groups in total. The van der Waals surface area contributed by atoms with Crippen LogP contribution in [-0.2, 0) is 14.4 Å². The Morgan fingerprint density at radius 3 is 1.33 bits per heavy atom. The van der Waals surface area contributed by atoms with Crippen molar-refractivity contribution in [3.8, 4) is 40.9 Å². The van der Waals surface area contributed by atoms with Gasteiger partial charge in [-0.05, 0) is 105 Å². The second-order valence-corrected chi connectivity index (χ2v) is 10.8. The van der Waals surface area contributed by atoms with E-state index in [-0.39, 0.29) is 5.57 Å². The minimum Gasteiger partial charge on any atom is -0.423 e. The monoisotopic (exact) mass is 632 g/mol. The van der Waals surface area contributed by atoms with Gasteiger partial charge in [0, 0.05) is 33.4 Å². The van der Waals surface area contributed by atoms with Crippen LogP contribution in [0.2, 0.25) is 0 Å². The van der Waals surface area contributed by atoms with Crippen LogP contribution in [0.4, 0.5) is 0 Å². The van der Waals surface area contributed by atoms with E-state index in [0.29, 0.717) is 39.5 Å². The van der Waals surface area contributed by atoms with E-state index in [9.17, 15) is 14.4 Å². The zero-order valence-electron chi connectivity index (χ0n) is 26.9. The van der Waals surface area contributed by atoms with Gasteiger partial charge in [0.05, 0.1) is 5.56 Å². The Balaban J connectivity index is 1.46. The Morgan fingerprint density at radius 2 is 0.875 bits per heavy atom. The average molecular weight is 633 g/mol. The number of carbonyl (C=O) groups excluding carboxylic acids is 3. The highest BCUT2D eigenvalue weighted by Crippen LogP contribution is 2.23. The summed E-state index contributed by atoms with van der Waals surface area (Å²) in [6.07, 6.45) is 3.85. The summed E-state index contributed by atoms with van der Waals surface area (Å²) in [5, 5.41) is 0. The molecule has 0 heterocycles. The molecule has 6 nitrogen and oxygen atoms in total. The van der Waals surface area contributed by atoms with Crippen LogP contribution in [0.5, 0.6) is 17.2 Å². The van der Waals surface area contributed by atoms with Crippen LogP contribution < -0.4 is 14.2 Å². The Labute approximate surface area is 280 Å². The van der Waals surface area contributed by atoms with Crippen molar-refractivity contribution in [2.75, 3.05) is 0 Å². The molecule has 0 aromatic heterocycles. The number of benzene rings is 4. The normalized spacial score (nSPS) is 10.1. The number of hydrogen-bond donors (Lipinski definition) is 0. The molecule has 0 radical (unpaired) electrons. The van der Waals surface area contributed by atoms with Gasteiger partial charge in [0.2, 0.25) is 0 Å². The van der Waals surface area contributed by atoms with Crippen LogP contribution in [0.1, 0.15) is 54.2 Å². The fourth-order valence-corrected chi connectivity index (χ4v) is 3.77. The third-order valence-electron chi connectivity index (χ3n) is 6.46. The maximum absolute atomic E-state index is 12.4. The third-order valence-corrected chi connectivity index (χ3v) is 6.46. The van der Waals surface area contributed by atoms with E-state index in [1.165, 1.54) is 0 Å². The minimum absolute atomic E-state index is 0.263. The number of esters is 3. The van der Waals surface area contributed by atoms with Gasteiger partial charge < -0.3 is 14.2 Å². The zero-order chi connectivity index (χ0) is 34.6. The van der Waals surface area contributed by atoms with Crippen LogP contribution in [0.15, 0.2) is 127 Å². The highest BCUT2D eigenvalue weighted by Gasteiger charge is 2.10. The predicted molar refractivity (Wildman–Crippen MR) is 188 cm³/mol. The van der Waals surface area contributed by atoms with Crippen molar-refractivity contribution < 1.29 is 28.6 Å². The Hall–Kier alpha value is -6.63. The molecule has 0 fully saturated rings. The van der Waals surface area contributed by atoms with Crippen LogP contribution in [-0.4, -0.2) is 17.9 Å². The standard InChI is InChI=1S/C42H32O6/c1-28(2)40(43)46-37-23-17-33(18-24-37)12-11-31-7-9-32(10-8-31)13-14-35-16-22-36(39(27-35)48-42(45)30(5)6)21-15-34-19-25-38(26-20-34)47-41(44)29(3)4/h7-10,13-14,16-20,22-27H,1,3,5H2,2,4,6H3/b14-13+. The first-order valence-electron chi connectivity index (χ1n) is 14.8. The van der Waals surface area contributed by atoms with E-state index >= 15 is 0 Å². The summed E-state index contributed by atoms with van der Waals surface area (Å²) in [6.45, 7) is 15.6. The van der Waals surface area contributed by atoms with Crippen LogP contribution in [0.25, 0.3) is 12.2 Å². The maximum Gasteiger partial charge on any atom is 0.338 e. The highest BCUT2D eigenvalue weighted by atomic mass is 16.5. The van der Waals surface area contributed by atoms with Crippen molar-refractivity contribution in [1.29, 1.82) is 0 Å². The summed E-state index contributed by atoms with van der Waals surface area (Å²) in [6, 6.07) is 26.8. The lowest BCUT2D eigenvalue weighted by Crippen LogP contribution is -2.09. The summed E-state index contributed by atoms with van der Waals surface area (Å²) >= 11 is 0. The molecular weight excluding hydrogens is 600 g/mol. The number of rotatable bonds is 8. The molecule has 236 valence electrons. The predicted octanol–water partition coefficient (Wildman–Crippen LogP) is 8.10. The van der Waals surface area contributed by atoms with Crippen molar-refractivity contribution in [3.05, 3.63) is 161 Å². The quantitative estimate of drug-likeness (QED) is 0.0642. The van der Waals surface area contributed by atoms with E-state index in [0.717, 1.165) is 22.3 Å². The molecule has 0 unspecified atom stereocenters. The molecule has 0 aliphatic rings. The molecule has 0 bridgehead atoms. The molecule has 0 saturated carbocycles. The molecule has 6 heteroatoms. The first kappa shape index (κ1) is 34.2. The SMILES string of the molecule is C=C(C)C(=O)Oc1ccc(C#Cc2ccc(/C=C/c3ccc(C#Cc4ccc(OC(=O)C(=C)C)cc4)c(OC(=O)C(=C)C)c3)cc2)cc1. The van der Waals surface area contributed by atoms with Crippen LogP contribution in [0, 0.1) is 23.7 Å². The lowest BCUT2D eigenvalue weighted by molar-refractivity contribution is -0.130. The molecule has 4 rings (SSSR count). The van der Waals surface area contributed by atoms with Gasteiger partial charge in [-0.1, -0.05) is 73.8 Å². The summed E-state index contributed by atoms with van der Waals surface area (Å²) in [5.41, 5.74) is 5.47. The molecule has 4 aromatic carbocycles. The lowest BCUT2D eigenvalue weighted by Gasteiger charge is -2.08. The fourth-order valence-electron chi connectivity index (χ4n) is 3.77. The van der Waals surface area contributed by atoms with E-state index in [1.54, 1.807) is 81.4 Å². The van der Waals surface area contributed by atoms with Crippen molar-refractivity contribution in [2.45, 2.75) is 20.8 Å². The highest BCUT2D eigenvalue weighted by molar-refractivity contribution is 5.90. The van der Waals surface area contributed by atoms with Crippen molar-refractivity contribution in [1.82, 2.24) is 0 Å². The van der Waals surface area contributed by atoms with Gasteiger partial charge in [-0.3, -0.25) is 0 Å². The van der Waals surface area contributed by atoms with E-state index in [2.05, 4.69) is 43.4 Å². The Kier molecular flexibility index (Phi) is 11.5. The molecule has 0 aliphatic carbocycles. The molecule has 4 aromatic rings. The van der Waals surface area contributed by atoms with Gasteiger partial charge in [0.25, 0.3) is 0 Å². The molecule has 0 atom stereocenters. The first-order chi connectivity index (χ1) is 23.0. The number of hydrogen-bond acceptors (Lipinski definition) is 6. The second-order valence-electron chi connectivity index (χ2n) is 10.8. The smallest absolute Gasteiger partial charge is 0.338 e. The average Bonchev–Trinajstić information content (AvgIpc) is 3.07. The second kappa shape index (κ2) is 16.1. The van der Waals surface area contributed by atoms with Crippen molar-refractivity contribution in [3.63, 3.8) is 0 Å². The van der Waals surface area contributed by atoms with Crippen molar-refractivity contribution in [2.24, 2.45) is 0 Å². The molecular formula is C42H32O6. The van der Waals surface area contributed by atoms with E-state index < -0.39 is 17.9 Å². The number of ether oxygens (including phenoxy) is 3. The maximum atomic E-state index is 12.4. The number of carbonyl (C=O) groups is 3. The summed E-state index contributed by atoms with van der Waals surface area (Å²) in [7, 11) is 0. The van der Waals surface area contributed by atoms with E-state index in [4.69, 9.17) is 14.2 Å². The lowest BCUT2D eigenvalue weighted by atomic mass is 10.1. The largest absolute Gasteiger partial charge is 0.423 e. The summed E-state index contributed by atoms with van der Waals surface area (Å²) in [4.78, 5) is 35.8. The summed E-state index contributed by atoms with van der Waals surface area (Å²) < 4.78 is 16.0. The van der Waals surface area contributed by atoms with Gasteiger partial charge >= 0.3 is 17.9 Å². The molecule has 0 aliphatic heterocycles. The van der Waals surface area contributed by atoms with Crippen LogP contribution >= 0.6 is 0 Å². The van der Waals surface area contributed by atoms with Gasteiger partial charge in [-0.2, -0.15) is 0 Å². The third kappa shape index (κ3) is 10.2. The Morgan fingerprint density at radius 1 is 0.500 bits per heavy atom. The molecule has 0 saturated heterocycles. The first-order valence-corrected chi connectivity index (χ1v) is 14.8. The molecule has 0 amide bonds. The zero-order valence-corrected chi connectivity index (χ0v) is 26.9. The molecule has 48 heavy (non-hydrogen) atoms. The Bertz CT molecular complexity index is 2050. The van der Waals surface area contributed by atoms with Gasteiger partial charge in [0.1, 0.15) is 17.2 Å². The van der Waals surface area contributed by atoms with Gasteiger partial charge in [-0.15, -0.1) is 0 Å². The van der Waals surface area contributed by atoms with Crippen molar-refractivity contribution >= 4 is 30.1 Å². The van der Waals surface area contributed by atoms with Crippen LogP contribution in [0.3, 0.4) is 0 Å².